The molecule has 3 heterocycles. The Bertz CT molecular complexity index is 527. The van der Waals surface area contributed by atoms with Gasteiger partial charge in [-0.15, -0.1) is 11.3 Å². The summed E-state index contributed by atoms with van der Waals surface area (Å²) in [6, 6.07) is 2.38. The lowest BCUT2D eigenvalue weighted by atomic mass is 10.2. The summed E-state index contributed by atoms with van der Waals surface area (Å²) in [7, 11) is 0. The second kappa shape index (κ2) is 5.73. The first kappa shape index (κ1) is 12.7. The van der Waals surface area contributed by atoms with Gasteiger partial charge in [-0.1, -0.05) is 0 Å². The summed E-state index contributed by atoms with van der Waals surface area (Å²) in [6.45, 7) is 6.35. The standard InChI is InChI=1S/C13H17N5S/c1-10-7-18(6-5-14-10)8-11-9-19-13(17-11)12-15-3-2-4-16-12/h2-4,9-10,14H,5-8H2,1H3/t10-/m0/s1. The van der Waals surface area contributed by atoms with Crippen LogP contribution in [0.3, 0.4) is 0 Å². The quantitative estimate of drug-likeness (QED) is 0.917. The molecule has 0 unspecified atom stereocenters. The zero-order valence-electron chi connectivity index (χ0n) is 10.9. The van der Waals surface area contributed by atoms with Gasteiger partial charge in [-0.05, 0) is 13.0 Å². The molecule has 1 atom stereocenters. The number of nitrogens with one attached hydrogen (secondary N) is 1. The van der Waals surface area contributed by atoms with Crippen molar-refractivity contribution in [2.24, 2.45) is 0 Å². The highest BCUT2D eigenvalue weighted by Gasteiger charge is 2.17. The average Bonchev–Trinajstić information content (AvgIpc) is 2.88. The lowest BCUT2D eigenvalue weighted by Crippen LogP contribution is -2.48. The average molecular weight is 275 g/mol. The Labute approximate surface area is 116 Å². The summed E-state index contributed by atoms with van der Waals surface area (Å²) < 4.78 is 0. The third-order valence-electron chi connectivity index (χ3n) is 3.15. The van der Waals surface area contributed by atoms with Crippen LogP contribution in [0.5, 0.6) is 0 Å². The molecule has 2 aromatic heterocycles. The Hall–Kier alpha value is -1.37. The molecular formula is C13H17N5S. The van der Waals surface area contributed by atoms with E-state index < -0.39 is 0 Å². The van der Waals surface area contributed by atoms with Gasteiger partial charge in [-0.25, -0.2) is 15.0 Å². The molecule has 19 heavy (non-hydrogen) atoms. The van der Waals surface area contributed by atoms with Gasteiger partial charge in [0.05, 0.1) is 5.69 Å². The van der Waals surface area contributed by atoms with Gasteiger partial charge in [0.1, 0.15) is 0 Å². The Morgan fingerprint density at radius 2 is 2.26 bits per heavy atom. The number of piperazine rings is 1. The van der Waals surface area contributed by atoms with Crippen LogP contribution in [0.1, 0.15) is 12.6 Å². The summed E-state index contributed by atoms with van der Waals surface area (Å²) in [4.78, 5) is 15.5. The third-order valence-corrected chi connectivity index (χ3v) is 4.03. The minimum atomic E-state index is 0.560. The SMILES string of the molecule is C[C@H]1CN(Cc2csc(-c3ncccn3)n2)CCN1. The molecule has 1 saturated heterocycles. The van der Waals surface area contributed by atoms with Gasteiger partial charge >= 0.3 is 0 Å². The summed E-state index contributed by atoms with van der Waals surface area (Å²) in [5.41, 5.74) is 1.11. The van der Waals surface area contributed by atoms with Crippen LogP contribution in [-0.4, -0.2) is 45.5 Å². The highest BCUT2D eigenvalue weighted by Crippen LogP contribution is 2.20. The molecule has 1 fully saturated rings. The fourth-order valence-electron chi connectivity index (χ4n) is 2.28. The molecule has 0 saturated carbocycles. The van der Waals surface area contributed by atoms with E-state index in [1.54, 1.807) is 23.7 Å². The number of rotatable bonds is 3. The maximum absolute atomic E-state index is 4.63. The van der Waals surface area contributed by atoms with E-state index >= 15 is 0 Å². The first-order valence-electron chi connectivity index (χ1n) is 6.49. The van der Waals surface area contributed by atoms with Gasteiger partial charge in [0, 0.05) is 50.0 Å². The Morgan fingerprint density at radius 1 is 1.42 bits per heavy atom. The van der Waals surface area contributed by atoms with E-state index in [9.17, 15) is 0 Å². The van der Waals surface area contributed by atoms with Crippen molar-refractivity contribution >= 4 is 11.3 Å². The molecule has 6 heteroatoms. The predicted molar refractivity (Wildman–Crippen MR) is 75.9 cm³/mol. The molecule has 100 valence electrons. The van der Waals surface area contributed by atoms with E-state index in [0.717, 1.165) is 36.9 Å². The van der Waals surface area contributed by atoms with Gasteiger partial charge in [-0.2, -0.15) is 0 Å². The minimum absolute atomic E-state index is 0.560. The number of hydrogen-bond donors (Lipinski definition) is 1. The molecule has 2 aromatic rings. The molecule has 0 bridgehead atoms. The zero-order chi connectivity index (χ0) is 13.1. The smallest absolute Gasteiger partial charge is 0.188 e. The second-order valence-corrected chi connectivity index (χ2v) is 5.66. The van der Waals surface area contributed by atoms with E-state index in [0.29, 0.717) is 11.9 Å². The second-order valence-electron chi connectivity index (χ2n) is 4.81. The lowest BCUT2D eigenvalue weighted by Gasteiger charge is -2.31. The Kier molecular flexibility index (Phi) is 3.82. The maximum Gasteiger partial charge on any atom is 0.188 e. The number of hydrogen-bond acceptors (Lipinski definition) is 6. The van der Waals surface area contributed by atoms with E-state index in [1.165, 1.54) is 0 Å². The highest BCUT2D eigenvalue weighted by molar-refractivity contribution is 7.13. The zero-order valence-corrected chi connectivity index (χ0v) is 11.7. The molecule has 3 rings (SSSR count). The summed E-state index contributed by atoms with van der Waals surface area (Å²) >= 11 is 1.61. The molecule has 0 aromatic carbocycles. The van der Waals surface area contributed by atoms with Crippen LogP contribution in [0.25, 0.3) is 10.8 Å². The molecule has 0 spiro atoms. The number of thiazole rings is 1. The van der Waals surface area contributed by atoms with Crippen LogP contribution < -0.4 is 5.32 Å². The highest BCUT2D eigenvalue weighted by atomic mass is 32.1. The Morgan fingerprint density at radius 3 is 3.05 bits per heavy atom. The van der Waals surface area contributed by atoms with Crippen LogP contribution in [-0.2, 0) is 6.54 Å². The van der Waals surface area contributed by atoms with Crippen LogP contribution >= 0.6 is 11.3 Å². The van der Waals surface area contributed by atoms with Crippen molar-refractivity contribution in [1.29, 1.82) is 0 Å². The molecule has 0 amide bonds. The Balaban J connectivity index is 1.68. The van der Waals surface area contributed by atoms with Crippen molar-refractivity contribution in [3.63, 3.8) is 0 Å². The summed E-state index contributed by atoms with van der Waals surface area (Å²) in [6.07, 6.45) is 3.50. The predicted octanol–water partition coefficient (Wildman–Crippen LogP) is 1.39. The van der Waals surface area contributed by atoms with Gasteiger partial charge < -0.3 is 5.32 Å². The molecule has 0 radical (unpaired) electrons. The summed E-state index contributed by atoms with van der Waals surface area (Å²) in [5.74, 6) is 0.715. The minimum Gasteiger partial charge on any atom is -0.312 e. The number of aromatic nitrogens is 3. The van der Waals surface area contributed by atoms with Crippen molar-refractivity contribution < 1.29 is 0 Å². The van der Waals surface area contributed by atoms with E-state index in [-0.39, 0.29) is 0 Å². The first-order valence-corrected chi connectivity index (χ1v) is 7.37. The molecule has 1 aliphatic heterocycles. The van der Waals surface area contributed by atoms with E-state index in [2.05, 4.69) is 37.5 Å². The van der Waals surface area contributed by atoms with Crippen molar-refractivity contribution in [3.05, 3.63) is 29.5 Å². The molecular weight excluding hydrogens is 258 g/mol. The van der Waals surface area contributed by atoms with Crippen LogP contribution in [0.4, 0.5) is 0 Å². The first-order chi connectivity index (χ1) is 9.31. The van der Waals surface area contributed by atoms with Gasteiger partial charge in [0.2, 0.25) is 0 Å². The van der Waals surface area contributed by atoms with Gasteiger partial charge in [0.15, 0.2) is 10.8 Å². The molecule has 0 aliphatic carbocycles. The maximum atomic E-state index is 4.63. The monoisotopic (exact) mass is 275 g/mol. The fourth-order valence-corrected chi connectivity index (χ4v) is 3.03. The van der Waals surface area contributed by atoms with Crippen LogP contribution in [0.2, 0.25) is 0 Å². The van der Waals surface area contributed by atoms with Crippen molar-refractivity contribution in [2.45, 2.75) is 19.5 Å². The van der Waals surface area contributed by atoms with E-state index in [4.69, 9.17) is 0 Å². The molecule has 1 aliphatic rings. The van der Waals surface area contributed by atoms with E-state index in [1.807, 2.05) is 6.07 Å². The van der Waals surface area contributed by atoms with Crippen molar-refractivity contribution in [1.82, 2.24) is 25.2 Å². The lowest BCUT2D eigenvalue weighted by molar-refractivity contribution is 0.198. The third kappa shape index (κ3) is 3.15. The van der Waals surface area contributed by atoms with Crippen molar-refractivity contribution in [3.8, 4) is 10.8 Å². The molecule has 1 N–H and O–H groups in total. The normalized spacial score (nSPS) is 20.6. The van der Waals surface area contributed by atoms with Gasteiger partial charge in [-0.3, -0.25) is 4.90 Å². The summed E-state index contributed by atoms with van der Waals surface area (Å²) in [5, 5.41) is 6.46. The number of nitrogens with zero attached hydrogens (tertiary/aromatic N) is 4. The van der Waals surface area contributed by atoms with Gasteiger partial charge in [0.25, 0.3) is 0 Å². The fraction of sp³-hybridized carbons (Fsp3) is 0.462. The molecule has 5 nitrogen and oxygen atoms in total. The van der Waals surface area contributed by atoms with Crippen LogP contribution in [0.15, 0.2) is 23.8 Å². The largest absolute Gasteiger partial charge is 0.312 e. The topological polar surface area (TPSA) is 53.9 Å². The van der Waals surface area contributed by atoms with Crippen molar-refractivity contribution in [2.75, 3.05) is 19.6 Å². The van der Waals surface area contributed by atoms with Crippen LogP contribution in [0, 0.1) is 0 Å².